The van der Waals surface area contributed by atoms with Crippen molar-refractivity contribution in [3.8, 4) is 0 Å². The van der Waals surface area contributed by atoms with Gasteiger partial charge in [-0.15, -0.1) is 0 Å². The van der Waals surface area contributed by atoms with E-state index in [1.54, 1.807) is 0 Å². The lowest BCUT2D eigenvalue weighted by Crippen LogP contribution is -2.11. The van der Waals surface area contributed by atoms with Gasteiger partial charge in [0.15, 0.2) is 0 Å². The molecule has 0 amide bonds. The first-order valence-corrected chi connectivity index (χ1v) is 5.31. The van der Waals surface area contributed by atoms with Gasteiger partial charge in [-0.25, -0.2) is 4.39 Å². The van der Waals surface area contributed by atoms with Crippen LogP contribution in [0.25, 0.3) is 0 Å². The summed E-state index contributed by atoms with van der Waals surface area (Å²) in [5, 5.41) is 0. The monoisotopic (exact) mass is 276 g/mol. The smallest absolute Gasteiger partial charge is 0.287 e. The van der Waals surface area contributed by atoms with Crippen LogP contribution in [0.15, 0.2) is 24.4 Å². The molecule has 2 aromatic rings. The number of carbonyl (C=O) groups is 1. The second-order valence-corrected chi connectivity index (χ2v) is 3.87. The highest BCUT2D eigenvalue weighted by Crippen LogP contribution is 2.32. The van der Waals surface area contributed by atoms with Crippen molar-refractivity contribution in [2.45, 2.75) is 6.18 Å². The number of aromatic nitrogens is 2. The molecule has 18 heavy (non-hydrogen) atoms. The average molecular weight is 276 g/mol. The third-order valence-electron chi connectivity index (χ3n) is 2.13. The predicted octanol–water partition coefficient (Wildman–Crippen LogP) is 2.93. The summed E-state index contributed by atoms with van der Waals surface area (Å²) in [5.41, 5.74) is -1.83. The van der Waals surface area contributed by atoms with E-state index < -0.39 is 23.3 Å². The number of hydrogen-bond acceptors (Lipinski definition) is 4. The van der Waals surface area contributed by atoms with E-state index in [9.17, 15) is 22.4 Å². The van der Waals surface area contributed by atoms with Crippen molar-refractivity contribution in [2.75, 3.05) is 0 Å². The maximum atomic E-state index is 13.0. The summed E-state index contributed by atoms with van der Waals surface area (Å²) in [5.74, 6) is -2.15. The zero-order valence-electron chi connectivity index (χ0n) is 8.53. The molecule has 1 aromatic heterocycles. The fraction of sp³-hybridized carbons (Fsp3) is 0.100. The van der Waals surface area contributed by atoms with Gasteiger partial charge in [-0.1, -0.05) is 0 Å². The molecule has 1 aromatic carbocycles. The molecular formula is C10H4F4N2OS. The molecule has 0 unspecified atom stereocenters. The molecule has 0 saturated carbocycles. The highest BCUT2D eigenvalue weighted by molar-refractivity contribution is 6.99. The fourth-order valence-corrected chi connectivity index (χ4v) is 1.71. The topological polar surface area (TPSA) is 42.9 Å². The molecule has 8 heteroatoms. The van der Waals surface area contributed by atoms with Crippen molar-refractivity contribution < 1.29 is 22.4 Å². The minimum atomic E-state index is -4.85. The number of hydrogen-bond donors (Lipinski definition) is 0. The van der Waals surface area contributed by atoms with Gasteiger partial charge in [0.2, 0.25) is 5.78 Å². The van der Waals surface area contributed by atoms with E-state index in [1.165, 1.54) is 0 Å². The molecule has 0 saturated heterocycles. The lowest BCUT2D eigenvalue weighted by Gasteiger charge is -2.08. The van der Waals surface area contributed by atoms with Crippen molar-refractivity contribution in [3.05, 3.63) is 47.0 Å². The van der Waals surface area contributed by atoms with E-state index in [-0.39, 0.29) is 11.3 Å². The minimum Gasteiger partial charge on any atom is -0.287 e. The van der Waals surface area contributed by atoms with Crippen molar-refractivity contribution in [1.29, 1.82) is 0 Å². The number of alkyl halides is 3. The highest BCUT2D eigenvalue weighted by atomic mass is 32.1. The standard InChI is InChI=1S/C10H4F4N2OS/c11-7-2-1-5(3-6(7)10(12,13)14)9(17)8-4-15-18-16-8/h1-4H. The molecule has 0 fully saturated rings. The molecule has 1 heterocycles. The van der Waals surface area contributed by atoms with Crippen LogP contribution >= 0.6 is 11.7 Å². The Balaban J connectivity index is 2.45. The molecule has 0 aliphatic rings. The van der Waals surface area contributed by atoms with Crippen molar-refractivity contribution in [3.63, 3.8) is 0 Å². The second kappa shape index (κ2) is 4.45. The van der Waals surface area contributed by atoms with Gasteiger partial charge >= 0.3 is 6.18 Å². The van der Waals surface area contributed by atoms with Crippen LogP contribution in [0.4, 0.5) is 17.6 Å². The largest absolute Gasteiger partial charge is 0.419 e. The minimum absolute atomic E-state index is 0.0697. The summed E-state index contributed by atoms with van der Waals surface area (Å²) in [7, 11) is 0. The first-order valence-electron chi connectivity index (χ1n) is 4.58. The quantitative estimate of drug-likeness (QED) is 0.625. The lowest BCUT2D eigenvalue weighted by molar-refractivity contribution is -0.140. The van der Waals surface area contributed by atoms with Gasteiger partial charge in [0, 0.05) is 5.56 Å². The Kier molecular flexibility index (Phi) is 3.12. The van der Waals surface area contributed by atoms with E-state index in [2.05, 4.69) is 8.75 Å². The van der Waals surface area contributed by atoms with Crippen LogP contribution < -0.4 is 0 Å². The fourth-order valence-electron chi connectivity index (χ4n) is 1.30. The average Bonchev–Trinajstić information content (AvgIpc) is 2.80. The maximum Gasteiger partial charge on any atom is 0.419 e. The lowest BCUT2D eigenvalue weighted by atomic mass is 10.0. The first kappa shape index (κ1) is 12.6. The summed E-state index contributed by atoms with van der Waals surface area (Å²) < 4.78 is 57.6. The Hall–Kier alpha value is -1.83. The van der Waals surface area contributed by atoms with E-state index in [4.69, 9.17) is 0 Å². The van der Waals surface area contributed by atoms with Gasteiger partial charge in [0.25, 0.3) is 0 Å². The zero-order valence-corrected chi connectivity index (χ0v) is 9.35. The van der Waals surface area contributed by atoms with E-state index in [0.717, 1.165) is 24.0 Å². The van der Waals surface area contributed by atoms with Crippen molar-refractivity contribution in [2.24, 2.45) is 0 Å². The maximum absolute atomic E-state index is 13.0. The number of carbonyl (C=O) groups excluding carboxylic acids is 1. The second-order valence-electron chi connectivity index (χ2n) is 3.31. The third-order valence-corrected chi connectivity index (χ3v) is 2.61. The normalized spacial score (nSPS) is 11.6. The molecule has 0 spiro atoms. The highest BCUT2D eigenvalue weighted by Gasteiger charge is 2.34. The number of rotatable bonds is 2. The van der Waals surface area contributed by atoms with Gasteiger partial charge in [-0.2, -0.15) is 21.9 Å². The SMILES string of the molecule is O=C(c1ccc(F)c(C(F)(F)F)c1)c1cnsn1. The van der Waals surface area contributed by atoms with Crippen LogP contribution in [-0.2, 0) is 6.18 Å². The first-order chi connectivity index (χ1) is 8.39. The Morgan fingerprint density at radius 3 is 2.56 bits per heavy atom. The third kappa shape index (κ3) is 2.37. The molecule has 94 valence electrons. The summed E-state index contributed by atoms with van der Waals surface area (Å²) in [6.07, 6.45) is -3.70. The van der Waals surface area contributed by atoms with Crippen LogP contribution in [0.1, 0.15) is 21.6 Å². The molecule has 0 bridgehead atoms. The number of nitrogens with zero attached hydrogens (tertiary/aromatic N) is 2. The number of halogens is 4. The molecule has 0 aliphatic carbocycles. The van der Waals surface area contributed by atoms with Gasteiger partial charge in [-0.05, 0) is 18.2 Å². The molecule has 2 rings (SSSR count). The zero-order chi connectivity index (χ0) is 13.3. The summed E-state index contributed by atoms with van der Waals surface area (Å²) >= 11 is 0.758. The number of ketones is 1. The van der Waals surface area contributed by atoms with Crippen LogP contribution in [-0.4, -0.2) is 14.5 Å². The van der Waals surface area contributed by atoms with E-state index >= 15 is 0 Å². The van der Waals surface area contributed by atoms with Crippen molar-refractivity contribution in [1.82, 2.24) is 8.75 Å². The van der Waals surface area contributed by atoms with Gasteiger partial charge in [0.05, 0.1) is 23.5 Å². The van der Waals surface area contributed by atoms with Crippen LogP contribution in [0.3, 0.4) is 0 Å². The van der Waals surface area contributed by atoms with Gasteiger partial charge in [-0.3, -0.25) is 4.79 Å². The summed E-state index contributed by atoms with van der Waals surface area (Å²) in [6, 6.07) is 2.05. The molecular weight excluding hydrogens is 272 g/mol. The van der Waals surface area contributed by atoms with Crippen LogP contribution in [0, 0.1) is 5.82 Å². The van der Waals surface area contributed by atoms with E-state index in [1.807, 2.05) is 0 Å². The molecule has 0 radical (unpaired) electrons. The van der Waals surface area contributed by atoms with Crippen LogP contribution in [0.5, 0.6) is 0 Å². The Labute approximate surface area is 102 Å². The summed E-state index contributed by atoms with van der Waals surface area (Å²) in [6.45, 7) is 0. The predicted molar refractivity (Wildman–Crippen MR) is 54.7 cm³/mol. The van der Waals surface area contributed by atoms with E-state index in [0.29, 0.717) is 12.1 Å². The molecule has 0 aliphatic heterocycles. The Morgan fingerprint density at radius 1 is 1.28 bits per heavy atom. The Bertz CT molecular complexity index is 580. The molecule has 3 nitrogen and oxygen atoms in total. The van der Waals surface area contributed by atoms with Gasteiger partial charge < -0.3 is 0 Å². The summed E-state index contributed by atoms with van der Waals surface area (Å²) in [4.78, 5) is 11.7. The van der Waals surface area contributed by atoms with Crippen LogP contribution in [0.2, 0.25) is 0 Å². The van der Waals surface area contributed by atoms with Crippen molar-refractivity contribution >= 4 is 17.5 Å². The number of benzene rings is 1. The van der Waals surface area contributed by atoms with Gasteiger partial charge in [0.1, 0.15) is 11.5 Å². The molecule has 0 atom stereocenters. The Morgan fingerprint density at radius 2 is 2.00 bits per heavy atom. The molecule has 0 N–H and O–H groups in total.